The number of anilines is 2. The molecule has 0 saturated carbocycles. The van der Waals surface area contributed by atoms with Crippen molar-refractivity contribution in [1.82, 2.24) is 14.9 Å². The number of benzene rings is 1. The predicted molar refractivity (Wildman–Crippen MR) is 118 cm³/mol. The van der Waals surface area contributed by atoms with Crippen LogP contribution in [0, 0.1) is 0 Å². The lowest BCUT2D eigenvalue weighted by molar-refractivity contribution is -0.137. The molecular weight excluding hydrogens is 451 g/mol. The van der Waals surface area contributed by atoms with Crippen LogP contribution in [0.3, 0.4) is 0 Å². The molecule has 0 aliphatic carbocycles. The number of carbonyl (C=O) groups excluding carboxylic acids is 1. The van der Waals surface area contributed by atoms with Gasteiger partial charge in [-0.05, 0) is 36.4 Å². The highest BCUT2D eigenvalue weighted by Crippen LogP contribution is 2.31. The number of amides is 2. The van der Waals surface area contributed by atoms with Crippen molar-refractivity contribution in [2.45, 2.75) is 12.2 Å². The van der Waals surface area contributed by atoms with Crippen LogP contribution < -0.4 is 10.2 Å². The second-order valence-electron chi connectivity index (χ2n) is 7.63. The predicted octanol–water partition coefficient (Wildman–Crippen LogP) is 4.29. The van der Waals surface area contributed by atoms with Crippen LogP contribution in [0.15, 0.2) is 67.0 Å². The molecule has 1 aliphatic rings. The molecule has 3 heterocycles. The van der Waals surface area contributed by atoms with E-state index in [1.54, 1.807) is 47.4 Å². The fourth-order valence-corrected chi connectivity index (χ4v) is 3.68. The highest BCUT2D eigenvalue weighted by Gasteiger charge is 2.34. The molecule has 4 rings (SSSR count). The van der Waals surface area contributed by atoms with Gasteiger partial charge in [-0.2, -0.15) is 13.2 Å². The van der Waals surface area contributed by atoms with Crippen LogP contribution in [0.5, 0.6) is 0 Å². The second kappa shape index (κ2) is 9.38. The maximum Gasteiger partial charge on any atom is 0.417 e. The van der Waals surface area contributed by atoms with Crippen molar-refractivity contribution in [1.29, 1.82) is 0 Å². The van der Waals surface area contributed by atoms with Gasteiger partial charge in [-0.1, -0.05) is 18.2 Å². The Morgan fingerprint density at radius 1 is 0.971 bits per heavy atom. The van der Waals surface area contributed by atoms with Crippen molar-refractivity contribution >= 4 is 23.5 Å². The second-order valence-corrected chi connectivity index (χ2v) is 7.63. The van der Waals surface area contributed by atoms with Gasteiger partial charge in [0, 0.05) is 31.4 Å². The fraction of sp³-hybridized carbons (Fsp3) is 0.217. The maximum atomic E-state index is 12.8. The van der Waals surface area contributed by atoms with Crippen molar-refractivity contribution in [3.63, 3.8) is 0 Å². The van der Waals surface area contributed by atoms with E-state index in [-0.39, 0.29) is 25.5 Å². The molecule has 2 amide bonds. The first-order valence-electron chi connectivity index (χ1n) is 10.3. The highest BCUT2D eigenvalue weighted by atomic mass is 19.4. The lowest BCUT2D eigenvalue weighted by atomic mass is 10.1. The number of rotatable bonds is 4. The van der Waals surface area contributed by atoms with Gasteiger partial charge in [-0.3, -0.25) is 14.7 Å². The largest absolute Gasteiger partial charge is 0.465 e. The van der Waals surface area contributed by atoms with Crippen LogP contribution in [0.4, 0.5) is 29.5 Å². The topological polar surface area (TPSA) is 98.7 Å². The first-order valence-corrected chi connectivity index (χ1v) is 10.3. The normalized spacial score (nSPS) is 16.3. The molecule has 0 bridgehead atoms. The van der Waals surface area contributed by atoms with Crippen molar-refractivity contribution < 1.29 is 27.9 Å². The van der Waals surface area contributed by atoms with Gasteiger partial charge in [0.05, 0.1) is 29.2 Å². The van der Waals surface area contributed by atoms with Gasteiger partial charge in [-0.25, -0.2) is 9.78 Å². The lowest BCUT2D eigenvalue weighted by Gasteiger charge is -2.40. The van der Waals surface area contributed by atoms with Crippen LogP contribution in [0.1, 0.15) is 27.7 Å². The van der Waals surface area contributed by atoms with Crippen LogP contribution >= 0.6 is 0 Å². The van der Waals surface area contributed by atoms with Crippen molar-refractivity contribution in [3.8, 4) is 0 Å². The Hall–Kier alpha value is -4.15. The van der Waals surface area contributed by atoms with E-state index in [0.717, 1.165) is 12.3 Å². The smallest absolute Gasteiger partial charge is 0.417 e. The molecule has 2 N–H and O–H groups in total. The number of carboxylic acid groups (broad SMARTS) is 1. The molecule has 1 saturated heterocycles. The van der Waals surface area contributed by atoms with E-state index in [1.807, 2.05) is 0 Å². The first-order chi connectivity index (χ1) is 16.2. The molecule has 1 aromatic carbocycles. The van der Waals surface area contributed by atoms with E-state index in [9.17, 15) is 27.9 Å². The SMILES string of the molecule is O=C(Nc1ccc(C2CN(c3ccc(C(F)(F)F)cn3)CCN2C(=O)O)nc1)c1ccccc1. The number of hydrogen-bond donors (Lipinski definition) is 2. The van der Waals surface area contributed by atoms with E-state index in [2.05, 4.69) is 15.3 Å². The van der Waals surface area contributed by atoms with Crippen molar-refractivity contribution in [2.75, 3.05) is 29.9 Å². The molecule has 1 aliphatic heterocycles. The average Bonchev–Trinajstić information content (AvgIpc) is 2.84. The summed E-state index contributed by atoms with van der Waals surface area (Å²) in [5, 5.41) is 12.4. The summed E-state index contributed by atoms with van der Waals surface area (Å²) < 4.78 is 38.5. The number of aromatic nitrogens is 2. The third kappa shape index (κ3) is 5.08. The first kappa shape index (κ1) is 23.0. The third-order valence-electron chi connectivity index (χ3n) is 5.45. The Kier molecular flexibility index (Phi) is 6.35. The monoisotopic (exact) mass is 471 g/mol. The summed E-state index contributed by atoms with van der Waals surface area (Å²) in [7, 11) is 0. The van der Waals surface area contributed by atoms with Gasteiger partial charge in [0.25, 0.3) is 5.91 Å². The molecule has 1 atom stereocenters. The number of pyridine rings is 2. The number of alkyl halides is 3. The number of nitrogens with one attached hydrogen (secondary N) is 1. The van der Waals surface area contributed by atoms with E-state index >= 15 is 0 Å². The minimum Gasteiger partial charge on any atom is -0.465 e. The van der Waals surface area contributed by atoms with Crippen LogP contribution in [0.2, 0.25) is 0 Å². The molecule has 11 heteroatoms. The van der Waals surface area contributed by atoms with E-state index in [1.165, 1.54) is 17.2 Å². The summed E-state index contributed by atoms with van der Waals surface area (Å²) in [6.45, 7) is 0.552. The zero-order valence-corrected chi connectivity index (χ0v) is 17.7. The van der Waals surface area contributed by atoms with Crippen molar-refractivity contribution in [2.24, 2.45) is 0 Å². The van der Waals surface area contributed by atoms with Gasteiger partial charge in [0.2, 0.25) is 0 Å². The summed E-state index contributed by atoms with van der Waals surface area (Å²) in [6.07, 6.45) is -3.42. The number of nitrogens with zero attached hydrogens (tertiary/aromatic N) is 4. The maximum absolute atomic E-state index is 12.8. The van der Waals surface area contributed by atoms with Gasteiger partial charge < -0.3 is 15.3 Å². The van der Waals surface area contributed by atoms with Crippen LogP contribution in [-0.4, -0.2) is 51.6 Å². The number of halogens is 3. The zero-order valence-electron chi connectivity index (χ0n) is 17.7. The molecule has 1 unspecified atom stereocenters. The lowest BCUT2D eigenvalue weighted by Crippen LogP contribution is -2.50. The summed E-state index contributed by atoms with van der Waals surface area (Å²) >= 11 is 0. The standard InChI is InChI=1S/C23H20F3N5O3/c24-23(25,26)16-6-9-20(28-12-16)30-10-11-31(22(33)34)19(14-30)18-8-7-17(13-27-18)29-21(32)15-4-2-1-3-5-15/h1-9,12-13,19H,10-11,14H2,(H,29,32)(H,33,34). The van der Waals surface area contributed by atoms with Gasteiger partial charge in [0.15, 0.2) is 0 Å². The highest BCUT2D eigenvalue weighted by molar-refractivity contribution is 6.04. The summed E-state index contributed by atoms with van der Waals surface area (Å²) in [5.74, 6) is 0.00863. The summed E-state index contributed by atoms with van der Waals surface area (Å²) in [6, 6.07) is 13.4. The minimum absolute atomic E-state index is 0.122. The third-order valence-corrected chi connectivity index (χ3v) is 5.45. The van der Waals surface area contributed by atoms with Crippen LogP contribution in [0.25, 0.3) is 0 Å². The minimum atomic E-state index is -4.49. The molecular formula is C23H20F3N5O3. The van der Waals surface area contributed by atoms with Crippen molar-refractivity contribution in [3.05, 3.63) is 83.8 Å². The Morgan fingerprint density at radius 2 is 1.74 bits per heavy atom. The zero-order chi connectivity index (χ0) is 24.3. The van der Waals surface area contributed by atoms with E-state index < -0.39 is 23.9 Å². The summed E-state index contributed by atoms with van der Waals surface area (Å²) in [4.78, 5) is 35.3. The van der Waals surface area contributed by atoms with Gasteiger partial charge in [0.1, 0.15) is 5.82 Å². The number of hydrogen-bond acceptors (Lipinski definition) is 5. The molecule has 1 fully saturated rings. The molecule has 34 heavy (non-hydrogen) atoms. The van der Waals surface area contributed by atoms with E-state index in [4.69, 9.17) is 0 Å². The number of carbonyl (C=O) groups is 2. The molecule has 0 spiro atoms. The Balaban J connectivity index is 1.51. The molecule has 0 radical (unpaired) electrons. The summed E-state index contributed by atoms with van der Waals surface area (Å²) in [5.41, 5.74) is 0.510. The van der Waals surface area contributed by atoms with E-state index in [0.29, 0.717) is 22.8 Å². The molecule has 176 valence electrons. The van der Waals surface area contributed by atoms with Gasteiger partial charge in [-0.15, -0.1) is 0 Å². The molecule has 8 nitrogen and oxygen atoms in total. The molecule has 3 aromatic rings. The quantitative estimate of drug-likeness (QED) is 0.589. The Labute approximate surface area is 192 Å². The molecule has 2 aromatic heterocycles. The Morgan fingerprint density at radius 3 is 2.32 bits per heavy atom. The average molecular weight is 471 g/mol. The Bertz CT molecular complexity index is 1160. The van der Waals surface area contributed by atoms with Crippen LogP contribution in [-0.2, 0) is 6.18 Å². The van der Waals surface area contributed by atoms with Gasteiger partial charge >= 0.3 is 12.3 Å². The number of piperazine rings is 1. The fourth-order valence-electron chi connectivity index (χ4n) is 3.68.